The van der Waals surface area contributed by atoms with Crippen molar-refractivity contribution in [3.8, 4) is 0 Å². The van der Waals surface area contributed by atoms with Crippen LogP contribution in [-0.4, -0.2) is 36.8 Å². The molecule has 0 aliphatic carbocycles. The van der Waals surface area contributed by atoms with Gasteiger partial charge in [-0.15, -0.1) is 0 Å². The van der Waals surface area contributed by atoms with Gasteiger partial charge in [0.2, 0.25) is 0 Å². The second kappa shape index (κ2) is 7.07. The third kappa shape index (κ3) is 3.87. The van der Waals surface area contributed by atoms with E-state index in [0.717, 1.165) is 5.56 Å². The molecule has 0 aromatic heterocycles. The molecule has 0 radical (unpaired) electrons. The lowest BCUT2D eigenvalue weighted by Crippen LogP contribution is -2.40. The van der Waals surface area contributed by atoms with Gasteiger partial charge in [0.1, 0.15) is 0 Å². The zero-order valence-electron chi connectivity index (χ0n) is 13.1. The second-order valence-electron chi connectivity index (χ2n) is 5.96. The van der Waals surface area contributed by atoms with Crippen molar-refractivity contribution in [3.05, 3.63) is 70.2 Å². The first-order valence-electron chi connectivity index (χ1n) is 7.76. The highest BCUT2D eigenvalue weighted by Gasteiger charge is 2.35. The van der Waals surface area contributed by atoms with Gasteiger partial charge in [0, 0.05) is 17.1 Å². The summed E-state index contributed by atoms with van der Waals surface area (Å²) in [6.45, 7) is 0.404. The minimum Gasteiger partial charge on any atom is -0.330 e. The van der Waals surface area contributed by atoms with Crippen molar-refractivity contribution in [1.29, 1.82) is 0 Å². The fourth-order valence-electron chi connectivity index (χ4n) is 2.96. The molecule has 0 bridgehead atoms. The summed E-state index contributed by atoms with van der Waals surface area (Å²) in [6, 6.07) is 16.6. The molecule has 0 saturated carbocycles. The fraction of sp³-hybridized carbons (Fsp3) is 0.278. The van der Waals surface area contributed by atoms with Crippen molar-refractivity contribution in [1.82, 2.24) is 4.90 Å². The number of hydrogen-bond donors (Lipinski definition) is 0. The molecule has 6 heteroatoms. The van der Waals surface area contributed by atoms with E-state index >= 15 is 0 Å². The van der Waals surface area contributed by atoms with Crippen molar-refractivity contribution in [2.24, 2.45) is 0 Å². The first kappa shape index (κ1) is 17.2. The molecule has 24 heavy (non-hydrogen) atoms. The number of rotatable bonds is 4. The summed E-state index contributed by atoms with van der Waals surface area (Å²) in [6.07, 6.45) is 0.491. The molecule has 1 aliphatic rings. The van der Waals surface area contributed by atoms with Crippen LogP contribution in [0.25, 0.3) is 0 Å². The predicted molar refractivity (Wildman–Crippen MR) is 97.5 cm³/mol. The Bertz CT molecular complexity index is 836. The molecule has 0 spiro atoms. The van der Waals surface area contributed by atoms with Gasteiger partial charge in [0.05, 0.1) is 17.1 Å². The van der Waals surface area contributed by atoms with Gasteiger partial charge in [-0.1, -0.05) is 42.5 Å². The molecule has 2 aromatic carbocycles. The average molecular weight is 408 g/mol. The topological polar surface area (TPSA) is 54.5 Å². The number of hydrogen-bond acceptors (Lipinski definition) is 3. The van der Waals surface area contributed by atoms with Crippen LogP contribution in [0.5, 0.6) is 0 Å². The maximum Gasteiger partial charge on any atom is 0.255 e. The highest BCUT2D eigenvalue weighted by atomic mass is 79.9. The van der Waals surface area contributed by atoms with Gasteiger partial charge in [-0.2, -0.15) is 0 Å². The summed E-state index contributed by atoms with van der Waals surface area (Å²) >= 11 is 3.42. The summed E-state index contributed by atoms with van der Waals surface area (Å²) in [5.74, 6) is 0.0378. The normalized spacial score (nSPS) is 19.1. The Balaban J connectivity index is 1.93. The average Bonchev–Trinajstić information content (AvgIpc) is 2.93. The van der Waals surface area contributed by atoms with E-state index in [1.165, 1.54) is 0 Å². The van der Waals surface area contributed by atoms with E-state index in [9.17, 15) is 13.2 Å². The van der Waals surface area contributed by atoms with Crippen LogP contribution < -0.4 is 0 Å². The van der Waals surface area contributed by atoms with Gasteiger partial charge < -0.3 is 4.90 Å². The molecule has 1 amide bonds. The molecule has 126 valence electrons. The minimum absolute atomic E-state index is 0.0377. The highest BCUT2D eigenvalue weighted by molar-refractivity contribution is 9.10. The van der Waals surface area contributed by atoms with Gasteiger partial charge in [-0.05, 0) is 40.0 Å². The lowest BCUT2D eigenvalue weighted by atomic mass is 10.1. The maximum atomic E-state index is 13.1. The van der Waals surface area contributed by atoms with Gasteiger partial charge in [-0.25, -0.2) is 8.42 Å². The quantitative estimate of drug-likeness (QED) is 0.781. The summed E-state index contributed by atoms with van der Waals surface area (Å²) in [5, 5.41) is 0. The minimum atomic E-state index is -3.06. The van der Waals surface area contributed by atoms with E-state index < -0.39 is 9.84 Å². The van der Waals surface area contributed by atoms with E-state index in [1.807, 2.05) is 48.5 Å². The van der Waals surface area contributed by atoms with Crippen molar-refractivity contribution in [3.63, 3.8) is 0 Å². The Hall–Kier alpha value is -1.66. The maximum absolute atomic E-state index is 13.1. The number of carbonyl (C=O) groups is 1. The lowest BCUT2D eigenvalue weighted by Gasteiger charge is -2.29. The molecule has 1 aliphatic heterocycles. The Labute approximate surface area is 150 Å². The molecular formula is C18H18BrNO3S. The van der Waals surface area contributed by atoms with Crippen LogP contribution in [0.1, 0.15) is 22.3 Å². The molecule has 1 fully saturated rings. The summed E-state index contributed by atoms with van der Waals surface area (Å²) in [4.78, 5) is 14.8. The van der Waals surface area contributed by atoms with Crippen LogP contribution in [0.3, 0.4) is 0 Å². The zero-order valence-corrected chi connectivity index (χ0v) is 15.5. The SMILES string of the molecule is O=C(c1ccccc1Br)N(Cc1ccccc1)[C@H]1CCS(=O)(=O)C1. The van der Waals surface area contributed by atoms with Crippen molar-refractivity contribution >= 4 is 31.7 Å². The van der Waals surface area contributed by atoms with E-state index in [-0.39, 0.29) is 23.5 Å². The number of amides is 1. The molecule has 1 atom stereocenters. The Morgan fingerprint density at radius 2 is 1.75 bits per heavy atom. The molecule has 1 saturated heterocycles. The molecule has 0 unspecified atom stereocenters. The number of sulfone groups is 1. The van der Waals surface area contributed by atoms with E-state index in [0.29, 0.717) is 23.0 Å². The first-order chi connectivity index (χ1) is 11.5. The highest BCUT2D eigenvalue weighted by Crippen LogP contribution is 2.25. The van der Waals surface area contributed by atoms with E-state index in [1.54, 1.807) is 11.0 Å². The molecule has 3 rings (SSSR count). The molecular weight excluding hydrogens is 390 g/mol. The van der Waals surface area contributed by atoms with Crippen LogP contribution >= 0.6 is 15.9 Å². The van der Waals surface area contributed by atoms with E-state index in [2.05, 4.69) is 15.9 Å². The van der Waals surface area contributed by atoms with Crippen molar-refractivity contribution < 1.29 is 13.2 Å². The zero-order chi connectivity index (χ0) is 17.2. The second-order valence-corrected chi connectivity index (χ2v) is 9.04. The van der Waals surface area contributed by atoms with Crippen LogP contribution in [-0.2, 0) is 16.4 Å². The monoisotopic (exact) mass is 407 g/mol. The van der Waals surface area contributed by atoms with Crippen LogP contribution in [0.15, 0.2) is 59.1 Å². The van der Waals surface area contributed by atoms with E-state index in [4.69, 9.17) is 0 Å². The Morgan fingerprint density at radius 3 is 2.38 bits per heavy atom. The summed E-state index contributed by atoms with van der Waals surface area (Å²) < 4.78 is 24.5. The summed E-state index contributed by atoms with van der Waals surface area (Å²) in [7, 11) is -3.06. The standard InChI is InChI=1S/C18H18BrNO3S/c19-17-9-5-4-8-16(17)18(21)20(12-14-6-2-1-3-7-14)15-10-11-24(22,23)13-15/h1-9,15H,10-13H2/t15-/m0/s1. The van der Waals surface area contributed by atoms with Crippen molar-refractivity contribution in [2.75, 3.05) is 11.5 Å². The molecule has 1 heterocycles. The van der Waals surface area contributed by atoms with Gasteiger partial charge in [-0.3, -0.25) is 4.79 Å². The smallest absolute Gasteiger partial charge is 0.255 e. The summed E-state index contributed by atoms with van der Waals surface area (Å²) in [5.41, 5.74) is 1.54. The number of benzene rings is 2. The third-order valence-corrected chi connectivity index (χ3v) is 6.65. The molecule has 2 aromatic rings. The van der Waals surface area contributed by atoms with Crippen LogP contribution in [0.2, 0.25) is 0 Å². The third-order valence-electron chi connectivity index (χ3n) is 4.21. The lowest BCUT2D eigenvalue weighted by molar-refractivity contribution is 0.0680. The largest absolute Gasteiger partial charge is 0.330 e. The molecule has 0 N–H and O–H groups in total. The number of nitrogens with zero attached hydrogens (tertiary/aromatic N) is 1. The van der Waals surface area contributed by atoms with Crippen molar-refractivity contribution in [2.45, 2.75) is 19.0 Å². The Kier molecular flexibility index (Phi) is 5.06. The Morgan fingerprint density at radius 1 is 1.08 bits per heavy atom. The van der Waals surface area contributed by atoms with Crippen LogP contribution in [0, 0.1) is 0 Å². The number of carbonyl (C=O) groups excluding carboxylic acids is 1. The van der Waals surface area contributed by atoms with Crippen LogP contribution in [0.4, 0.5) is 0 Å². The van der Waals surface area contributed by atoms with Gasteiger partial charge in [0.25, 0.3) is 5.91 Å². The first-order valence-corrected chi connectivity index (χ1v) is 10.4. The molecule has 4 nitrogen and oxygen atoms in total. The fourth-order valence-corrected chi connectivity index (χ4v) is 5.14. The predicted octanol–water partition coefficient (Wildman–Crippen LogP) is 3.28. The van der Waals surface area contributed by atoms with Gasteiger partial charge >= 0.3 is 0 Å². The number of halogens is 1. The van der Waals surface area contributed by atoms with Gasteiger partial charge in [0.15, 0.2) is 9.84 Å².